The number of anilines is 1. The zero-order valence-corrected chi connectivity index (χ0v) is 17.3. The van der Waals surface area contributed by atoms with Crippen molar-refractivity contribution in [3.05, 3.63) is 52.6 Å². The molecule has 1 aromatic heterocycles. The molecule has 3 heterocycles. The molecule has 1 aromatic carbocycles. The Hall–Kier alpha value is -2.96. The first-order chi connectivity index (χ1) is 13.6. The Morgan fingerprint density at radius 3 is 2.66 bits per heavy atom. The minimum Gasteiger partial charge on any atom is -0.366 e. The lowest BCUT2D eigenvalue weighted by Gasteiger charge is -2.36. The van der Waals surface area contributed by atoms with Crippen LogP contribution < -0.4 is 11.1 Å². The number of nitrogens with one attached hydrogen (secondary N) is 1. The molecule has 2 unspecified atom stereocenters. The standard InChI is InChI=1S/C22H27N5O2/c1-12-7-13(19(23)28)9-14(8-12)25-21(29)27-15-5-6-18(27)16-11-24-20(22(2,3)4)26-17(16)10-15/h7-9,11,15,18H,5-6,10H2,1-4H3,(H2,23,28)(H,25,29). The molecule has 3 N–H and O–H groups in total. The van der Waals surface area contributed by atoms with Gasteiger partial charge in [0.1, 0.15) is 5.82 Å². The fourth-order valence-electron chi connectivity index (χ4n) is 4.33. The van der Waals surface area contributed by atoms with Crippen LogP contribution in [0.15, 0.2) is 24.4 Å². The van der Waals surface area contributed by atoms with Gasteiger partial charge in [-0.2, -0.15) is 0 Å². The second-order valence-electron chi connectivity index (χ2n) is 9.09. The number of primary amides is 1. The highest BCUT2D eigenvalue weighted by molar-refractivity contribution is 5.96. The third kappa shape index (κ3) is 3.57. The van der Waals surface area contributed by atoms with E-state index in [1.165, 1.54) is 0 Å². The van der Waals surface area contributed by atoms with Crippen molar-refractivity contribution in [2.75, 3.05) is 5.32 Å². The van der Waals surface area contributed by atoms with E-state index in [1.807, 2.05) is 24.1 Å². The van der Waals surface area contributed by atoms with Gasteiger partial charge >= 0.3 is 6.03 Å². The second-order valence-corrected chi connectivity index (χ2v) is 9.09. The summed E-state index contributed by atoms with van der Waals surface area (Å²) in [5.74, 6) is 0.329. The Labute approximate surface area is 170 Å². The third-order valence-electron chi connectivity index (χ3n) is 5.71. The van der Waals surface area contributed by atoms with Crippen LogP contribution in [-0.4, -0.2) is 32.8 Å². The molecule has 0 radical (unpaired) electrons. The molecule has 2 aromatic rings. The first kappa shape index (κ1) is 19.4. The van der Waals surface area contributed by atoms with E-state index in [-0.39, 0.29) is 23.5 Å². The minimum atomic E-state index is -0.511. The highest BCUT2D eigenvalue weighted by Crippen LogP contribution is 2.43. The number of benzene rings is 1. The number of carbonyl (C=O) groups is 2. The molecule has 0 saturated carbocycles. The molecule has 2 atom stereocenters. The van der Waals surface area contributed by atoms with E-state index in [4.69, 9.17) is 10.7 Å². The molecule has 152 valence electrons. The average Bonchev–Trinajstić information content (AvgIpc) is 2.95. The maximum Gasteiger partial charge on any atom is 0.322 e. The second kappa shape index (κ2) is 6.83. The molecule has 1 saturated heterocycles. The number of aromatic nitrogens is 2. The van der Waals surface area contributed by atoms with Gasteiger partial charge in [-0.25, -0.2) is 14.8 Å². The SMILES string of the molecule is Cc1cc(NC(=O)N2C3CCC2c2cnc(C(C)(C)C)nc2C3)cc(C(N)=O)c1. The zero-order chi connectivity index (χ0) is 20.9. The van der Waals surface area contributed by atoms with Crippen LogP contribution in [0.3, 0.4) is 0 Å². The Morgan fingerprint density at radius 1 is 1.21 bits per heavy atom. The van der Waals surface area contributed by atoms with Crippen LogP contribution >= 0.6 is 0 Å². The van der Waals surface area contributed by atoms with E-state index in [1.54, 1.807) is 12.1 Å². The van der Waals surface area contributed by atoms with Crippen molar-refractivity contribution in [3.8, 4) is 0 Å². The average molecular weight is 393 g/mol. The number of fused-ring (bicyclic) bond motifs is 4. The van der Waals surface area contributed by atoms with Crippen LogP contribution in [0.5, 0.6) is 0 Å². The largest absolute Gasteiger partial charge is 0.366 e. The molecule has 29 heavy (non-hydrogen) atoms. The molecule has 3 amide bonds. The molecular weight excluding hydrogens is 366 g/mol. The fraction of sp³-hybridized carbons (Fsp3) is 0.455. The van der Waals surface area contributed by atoms with Gasteiger partial charge in [0, 0.05) is 40.9 Å². The first-order valence-electron chi connectivity index (χ1n) is 10.0. The molecule has 2 bridgehead atoms. The number of amides is 3. The fourth-order valence-corrected chi connectivity index (χ4v) is 4.33. The van der Waals surface area contributed by atoms with Crippen LogP contribution in [0.2, 0.25) is 0 Å². The number of urea groups is 1. The van der Waals surface area contributed by atoms with Crippen LogP contribution in [-0.2, 0) is 11.8 Å². The summed E-state index contributed by atoms with van der Waals surface area (Å²) in [6.45, 7) is 8.18. The minimum absolute atomic E-state index is 0.0156. The van der Waals surface area contributed by atoms with Gasteiger partial charge in [0.05, 0.1) is 11.7 Å². The van der Waals surface area contributed by atoms with Gasteiger partial charge in [0.15, 0.2) is 0 Å². The summed E-state index contributed by atoms with van der Waals surface area (Å²) in [7, 11) is 0. The summed E-state index contributed by atoms with van der Waals surface area (Å²) in [5.41, 5.74) is 9.23. The Kier molecular flexibility index (Phi) is 4.56. The van der Waals surface area contributed by atoms with Gasteiger partial charge in [-0.15, -0.1) is 0 Å². The summed E-state index contributed by atoms with van der Waals surface area (Å²) in [4.78, 5) is 36.0. The van der Waals surface area contributed by atoms with Crippen LogP contribution in [0.4, 0.5) is 10.5 Å². The predicted molar refractivity (Wildman–Crippen MR) is 111 cm³/mol. The highest BCUT2D eigenvalue weighted by Gasteiger charge is 2.43. The summed E-state index contributed by atoms with van der Waals surface area (Å²) in [6, 6.07) is 5.11. The van der Waals surface area contributed by atoms with Crippen molar-refractivity contribution in [3.63, 3.8) is 0 Å². The molecule has 2 aliphatic heterocycles. The van der Waals surface area contributed by atoms with Gasteiger partial charge in [0.2, 0.25) is 5.91 Å². The van der Waals surface area contributed by atoms with Gasteiger partial charge in [-0.1, -0.05) is 20.8 Å². The van der Waals surface area contributed by atoms with Crippen molar-refractivity contribution in [2.24, 2.45) is 5.73 Å². The number of nitrogens with zero attached hydrogens (tertiary/aromatic N) is 3. The lowest BCUT2D eigenvalue weighted by Crippen LogP contribution is -2.44. The lowest BCUT2D eigenvalue weighted by atomic mass is 9.93. The molecule has 0 spiro atoms. The highest BCUT2D eigenvalue weighted by atomic mass is 16.2. The molecule has 1 fully saturated rings. The third-order valence-corrected chi connectivity index (χ3v) is 5.71. The number of aryl methyl sites for hydroxylation is 1. The summed E-state index contributed by atoms with van der Waals surface area (Å²) < 4.78 is 0. The normalized spacial score (nSPS) is 20.3. The molecule has 4 rings (SSSR count). The topological polar surface area (TPSA) is 101 Å². The zero-order valence-electron chi connectivity index (χ0n) is 17.3. The van der Waals surface area contributed by atoms with E-state index in [2.05, 4.69) is 31.1 Å². The Morgan fingerprint density at radius 2 is 1.97 bits per heavy atom. The number of carbonyl (C=O) groups excluding carboxylic acids is 2. The lowest BCUT2D eigenvalue weighted by molar-refractivity contribution is 0.1000. The smallest absolute Gasteiger partial charge is 0.322 e. The monoisotopic (exact) mass is 393 g/mol. The van der Waals surface area contributed by atoms with E-state index >= 15 is 0 Å². The molecule has 2 aliphatic rings. The number of rotatable bonds is 2. The first-order valence-corrected chi connectivity index (χ1v) is 10.0. The summed E-state index contributed by atoms with van der Waals surface area (Å²) in [6.07, 6.45) is 4.49. The predicted octanol–water partition coefficient (Wildman–Crippen LogP) is 3.48. The summed E-state index contributed by atoms with van der Waals surface area (Å²) >= 11 is 0. The van der Waals surface area contributed by atoms with Crippen molar-refractivity contribution in [1.82, 2.24) is 14.9 Å². The number of nitrogens with two attached hydrogens (primary N) is 1. The Bertz CT molecular complexity index is 995. The van der Waals surface area contributed by atoms with Crippen molar-refractivity contribution in [2.45, 2.75) is 64.5 Å². The molecule has 7 heteroatoms. The van der Waals surface area contributed by atoms with Crippen molar-refractivity contribution in [1.29, 1.82) is 0 Å². The van der Waals surface area contributed by atoms with E-state index < -0.39 is 5.91 Å². The summed E-state index contributed by atoms with van der Waals surface area (Å²) in [5, 5.41) is 2.95. The Balaban J connectivity index is 1.60. The van der Waals surface area contributed by atoms with Crippen LogP contribution in [0.25, 0.3) is 0 Å². The van der Waals surface area contributed by atoms with Gasteiger partial charge in [-0.05, 0) is 43.5 Å². The van der Waals surface area contributed by atoms with Crippen LogP contribution in [0, 0.1) is 6.92 Å². The van der Waals surface area contributed by atoms with Crippen molar-refractivity contribution >= 4 is 17.6 Å². The van der Waals surface area contributed by atoms with Gasteiger partial charge in [0.25, 0.3) is 0 Å². The van der Waals surface area contributed by atoms with Gasteiger partial charge in [-0.3, -0.25) is 4.79 Å². The van der Waals surface area contributed by atoms with Crippen molar-refractivity contribution < 1.29 is 9.59 Å². The number of hydrogen-bond acceptors (Lipinski definition) is 4. The maximum atomic E-state index is 13.1. The quantitative estimate of drug-likeness (QED) is 0.815. The van der Waals surface area contributed by atoms with E-state index in [9.17, 15) is 9.59 Å². The maximum absolute atomic E-state index is 13.1. The van der Waals surface area contributed by atoms with Crippen LogP contribution in [0.1, 0.15) is 72.7 Å². The molecular formula is C22H27N5O2. The van der Waals surface area contributed by atoms with E-state index in [0.717, 1.165) is 41.9 Å². The number of hydrogen-bond donors (Lipinski definition) is 2. The molecule has 0 aliphatic carbocycles. The van der Waals surface area contributed by atoms with E-state index in [0.29, 0.717) is 11.3 Å². The molecule has 7 nitrogen and oxygen atoms in total. The van der Waals surface area contributed by atoms with Gasteiger partial charge < -0.3 is 16.0 Å².